The van der Waals surface area contributed by atoms with Gasteiger partial charge in [-0.1, -0.05) is 78.1 Å². The second-order valence-corrected chi connectivity index (χ2v) is 8.68. The van der Waals surface area contributed by atoms with E-state index in [4.69, 9.17) is 0 Å². The molecule has 3 bridgehead atoms. The van der Waals surface area contributed by atoms with Crippen LogP contribution in [0.15, 0.2) is 61.2 Å². The van der Waals surface area contributed by atoms with Crippen LogP contribution in [0.3, 0.4) is 0 Å². The molecule has 3 rings (SSSR count). The minimum Gasteiger partial charge on any atom is -0.0990 e. The summed E-state index contributed by atoms with van der Waals surface area (Å²) in [4.78, 5) is 0. The van der Waals surface area contributed by atoms with E-state index in [1.54, 1.807) is 0 Å². The molecule has 130 valence electrons. The predicted octanol–water partition coefficient (Wildman–Crippen LogP) is 7.33. The number of allylic oxidation sites excluding steroid dienone is 4. The Hall–Kier alpha value is -2.08. The van der Waals surface area contributed by atoms with Crippen LogP contribution in [0.2, 0.25) is 0 Å². The quantitative estimate of drug-likeness (QED) is 0.552. The van der Waals surface area contributed by atoms with Crippen molar-refractivity contribution in [2.75, 3.05) is 0 Å². The van der Waals surface area contributed by atoms with Crippen molar-refractivity contribution in [2.45, 2.75) is 58.3 Å². The molecule has 0 heteroatoms. The molecular formula is C25H30. The normalized spacial score (nSPS) is 18.4. The molecule has 0 amide bonds. The van der Waals surface area contributed by atoms with E-state index in [-0.39, 0.29) is 10.8 Å². The Labute approximate surface area is 153 Å². The molecule has 25 heavy (non-hydrogen) atoms. The van der Waals surface area contributed by atoms with E-state index in [0.717, 1.165) is 12.8 Å². The third-order valence-corrected chi connectivity index (χ3v) is 5.98. The Morgan fingerprint density at radius 1 is 1.16 bits per heavy atom. The topological polar surface area (TPSA) is 0 Å². The molecular weight excluding hydrogens is 300 g/mol. The molecule has 2 aromatic rings. The zero-order valence-corrected chi connectivity index (χ0v) is 16.4. The lowest BCUT2D eigenvalue weighted by Gasteiger charge is -2.27. The van der Waals surface area contributed by atoms with Gasteiger partial charge in [0.05, 0.1) is 0 Å². The van der Waals surface area contributed by atoms with Gasteiger partial charge >= 0.3 is 0 Å². The Bertz CT molecular complexity index is 888. The van der Waals surface area contributed by atoms with Crippen LogP contribution in [0.5, 0.6) is 0 Å². The molecule has 0 radical (unpaired) electrons. The number of hydrogen-bond acceptors (Lipinski definition) is 0. The highest BCUT2D eigenvalue weighted by atomic mass is 14.3. The van der Waals surface area contributed by atoms with E-state index < -0.39 is 0 Å². The van der Waals surface area contributed by atoms with Crippen LogP contribution in [-0.4, -0.2) is 0 Å². The van der Waals surface area contributed by atoms with Crippen LogP contribution in [0, 0.1) is 0 Å². The molecule has 0 fully saturated rings. The van der Waals surface area contributed by atoms with Gasteiger partial charge in [-0.3, -0.25) is 0 Å². The summed E-state index contributed by atoms with van der Waals surface area (Å²) in [5.41, 5.74) is 6.70. The summed E-state index contributed by atoms with van der Waals surface area (Å²) in [6.45, 7) is 20.0. The molecule has 0 heterocycles. The predicted molar refractivity (Wildman–Crippen MR) is 112 cm³/mol. The summed E-state index contributed by atoms with van der Waals surface area (Å²) in [7, 11) is 0. The van der Waals surface area contributed by atoms with Crippen molar-refractivity contribution >= 4 is 16.3 Å². The van der Waals surface area contributed by atoms with Gasteiger partial charge in [-0.25, -0.2) is 0 Å². The summed E-state index contributed by atoms with van der Waals surface area (Å²) in [6, 6.07) is 11.7. The van der Waals surface area contributed by atoms with Crippen molar-refractivity contribution in [1.82, 2.24) is 0 Å². The first-order valence-corrected chi connectivity index (χ1v) is 9.29. The molecule has 1 aliphatic carbocycles. The number of rotatable bonds is 3. The first-order valence-electron chi connectivity index (χ1n) is 9.29. The maximum absolute atomic E-state index is 4.44. The fourth-order valence-electron chi connectivity index (χ4n) is 3.96. The maximum Gasteiger partial charge on any atom is -0.00630 e. The Morgan fingerprint density at radius 2 is 1.88 bits per heavy atom. The van der Waals surface area contributed by atoms with Crippen molar-refractivity contribution in [3.05, 3.63) is 77.9 Å². The van der Waals surface area contributed by atoms with Crippen LogP contribution in [-0.2, 0) is 10.8 Å². The molecule has 0 aromatic heterocycles. The van der Waals surface area contributed by atoms with Gasteiger partial charge in [-0.2, -0.15) is 0 Å². The molecule has 0 N–H and O–H groups in total. The zero-order valence-electron chi connectivity index (χ0n) is 16.4. The van der Waals surface area contributed by atoms with Gasteiger partial charge in [-0.05, 0) is 74.4 Å². The number of benzene rings is 2. The average molecular weight is 331 g/mol. The molecule has 1 aliphatic rings. The SMILES string of the molecule is C=C/C=C1\C(=C)CC(C)(C)c2ccc3c(C(C)(C)CC)cc1cc3c2. The molecule has 0 spiro atoms. The fraction of sp³-hybridized carbons (Fsp3) is 0.360. The maximum atomic E-state index is 4.44. The largest absolute Gasteiger partial charge is 0.0990 e. The third kappa shape index (κ3) is 2.99. The van der Waals surface area contributed by atoms with E-state index in [1.807, 2.05) is 6.08 Å². The van der Waals surface area contributed by atoms with E-state index in [2.05, 4.69) is 84.2 Å². The highest BCUT2D eigenvalue weighted by Gasteiger charge is 2.28. The van der Waals surface area contributed by atoms with E-state index in [1.165, 1.54) is 38.6 Å². The smallest absolute Gasteiger partial charge is 0.00630 e. The van der Waals surface area contributed by atoms with E-state index in [0.29, 0.717) is 0 Å². The molecule has 0 saturated carbocycles. The van der Waals surface area contributed by atoms with Crippen LogP contribution >= 0.6 is 0 Å². The van der Waals surface area contributed by atoms with E-state index >= 15 is 0 Å². The van der Waals surface area contributed by atoms with Gasteiger partial charge in [-0.15, -0.1) is 0 Å². The Morgan fingerprint density at radius 3 is 2.52 bits per heavy atom. The first-order chi connectivity index (χ1) is 11.7. The minimum atomic E-state index is 0.0681. The zero-order chi connectivity index (χ0) is 18.4. The van der Waals surface area contributed by atoms with Crippen molar-refractivity contribution < 1.29 is 0 Å². The molecule has 0 saturated heterocycles. The lowest BCUT2D eigenvalue weighted by Crippen LogP contribution is -2.18. The van der Waals surface area contributed by atoms with Crippen LogP contribution in [0.4, 0.5) is 0 Å². The van der Waals surface area contributed by atoms with Gasteiger partial charge in [0.2, 0.25) is 0 Å². The standard InChI is InChI=1S/C25H30/c1-8-10-21-17(3)16-25(6,7)20-11-12-22-18(14-20)13-19(21)15-23(22)24(4,5)9-2/h8,10-15H,1,3,9,16H2,2,4-7H3/b21-10+. The lowest BCUT2D eigenvalue weighted by molar-refractivity contribution is 0.510. The second-order valence-electron chi connectivity index (χ2n) is 8.68. The highest BCUT2D eigenvalue weighted by molar-refractivity contribution is 5.93. The van der Waals surface area contributed by atoms with Crippen LogP contribution in [0.25, 0.3) is 16.3 Å². The highest BCUT2D eigenvalue weighted by Crippen LogP contribution is 2.42. The van der Waals surface area contributed by atoms with Gasteiger partial charge in [0.25, 0.3) is 0 Å². The van der Waals surface area contributed by atoms with E-state index in [9.17, 15) is 0 Å². The molecule has 0 nitrogen and oxygen atoms in total. The van der Waals surface area contributed by atoms with Gasteiger partial charge in [0.1, 0.15) is 0 Å². The number of hydrogen-bond donors (Lipinski definition) is 0. The third-order valence-electron chi connectivity index (χ3n) is 5.98. The summed E-state index contributed by atoms with van der Waals surface area (Å²) < 4.78 is 0. The lowest BCUT2D eigenvalue weighted by atomic mass is 9.77. The van der Waals surface area contributed by atoms with Gasteiger partial charge in [0.15, 0.2) is 0 Å². The molecule has 0 unspecified atom stereocenters. The van der Waals surface area contributed by atoms with Crippen molar-refractivity contribution in [3.8, 4) is 0 Å². The monoisotopic (exact) mass is 330 g/mol. The summed E-state index contributed by atoms with van der Waals surface area (Å²) in [6.07, 6.45) is 6.06. The van der Waals surface area contributed by atoms with Gasteiger partial charge < -0.3 is 0 Å². The van der Waals surface area contributed by atoms with Crippen molar-refractivity contribution in [3.63, 3.8) is 0 Å². The fourth-order valence-corrected chi connectivity index (χ4v) is 3.96. The Kier molecular flexibility index (Phi) is 4.27. The average Bonchev–Trinajstić information content (AvgIpc) is 2.57. The second kappa shape index (κ2) is 6.02. The molecule has 0 aliphatic heterocycles. The van der Waals surface area contributed by atoms with Crippen molar-refractivity contribution in [1.29, 1.82) is 0 Å². The van der Waals surface area contributed by atoms with Crippen LogP contribution < -0.4 is 0 Å². The summed E-state index contributed by atoms with van der Waals surface area (Å²) in [5, 5.41) is 2.71. The summed E-state index contributed by atoms with van der Waals surface area (Å²) >= 11 is 0. The number of fused-ring (bicyclic) bond motifs is 2. The summed E-state index contributed by atoms with van der Waals surface area (Å²) in [5.74, 6) is 0. The van der Waals surface area contributed by atoms with Crippen molar-refractivity contribution in [2.24, 2.45) is 0 Å². The van der Waals surface area contributed by atoms with Gasteiger partial charge in [0, 0.05) is 0 Å². The Balaban J connectivity index is 2.44. The molecule has 0 atom stereocenters. The minimum absolute atomic E-state index is 0.0681. The van der Waals surface area contributed by atoms with Crippen LogP contribution in [0.1, 0.15) is 64.2 Å². The molecule has 2 aromatic carbocycles. The first kappa shape index (κ1) is 17.7.